The quantitative estimate of drug-likeness (QED) is 0.471. The van der Waals surface area contributed by atoms with E-state index < -0.39 is 6.09 Å². The largest absolute Gasteiger partial charge is 0.449 e. The number of aryl methyl sites for hydroxylation is 1. The van der Waals surface area contributed by atoms with Crippen molar-refractivity contribution in [2.45, 2.75) is 25.2 Å². The van der Waals surface area contributed by atoms with Crippen molar-refractivity contribution < 1.29 is 14.3 Å². The number of ether oxygens (including phenoxy) is 1. The smallest absolute Gasteiger partial charge is 0.407 e. The molecule has 0 aromatic heterocycles. The molecular weight excluding hydrogens is 398 g/mol. The molecule has 1 amide bonds. The lowest BCUT2D eigenvalue weighted by atomic mass is 9.98. The summed E-state index contributed by atoms with van der Waals surface area (Å²) in [5.41, 5.74) is 7.55. The number of hydrogen-bond donors (Lipinski definition) is 1. The highest BCUT2D eigenvalue weighted by atomic mass is 16.5. The fraction of sp³-hybridized carbons (Fsp3) is 0.214. The van der Waals surface area contributed by atoms with Gasteiger partial charge in [0.2, 0.25) is 0 Å². The Labute approximate surface area is 187 Å². The summed E-state index contributed by atoms with van der Waals surface area (Å²) in [5.74, 6) is 6.37. The Balaban J connectivity index is 1.13. The summed E-state index contributed by atoms with van der Waals surface area (Å²) >= 11 is 0. The van der Waals surface area contributed by atoms with Crippen molar-refractivity contribution in [2.24, 2.45) is 0 Å². The third kappa shape index (κ3) is 3.90. The average Bonchev–Trinajstić information content (AvgIpc) is 3.35. The fourth-order valence-electron chi connectivity index (χ4n) is 4.56. The molecule has 0 bridgehead atoms. The normalized spacial score (nSPS) is 13.6. The summed E-state index contributed by atoms with van der Waals surface area (Å²) in [7, 11) is 0. The molecule has 0 heterocycles. The number of rotatable bonds is 4. The Kier molecular flexibility index (Phi) is 5.47. The summed E-state index contributed by atoms with van der Waals surface area (Å²) in [4.78, 5) is 24.1. The maximum atomic E-state index is 12.2. The molecule has 3 aromatic rings. The van der Waals surface area contributed by atoms with E-state index in [1.807, 2.05) is 42.5 Å². The van der Waals surface area contributed by atoms with Crippen LogP contribution in [-0.4, -0.2) is 25.0 Å². The second-order valence-electron chi connectivity index (χ2n) is 8.10. The molecule has 0 saturated carbocycles. The average molecular weight is 421 g/mol. The van der Waals surface area contributed by atoms with E-state index in [0.29, 0.717) is 26.0 Å². The third-order valence-electron chi connectivity index (χ3n) is 6.13. The number of carbonyl (C=O) groups excluding carboxylic acids is 2. The number of nitrogens with one attached hydrogen (secondary N) is 1. The Morgan fingerprint density at radius 1 is 0.938 bits per heavy atom. The first-order valence-corrected chi connectivity index (χ1v) is 10.9. The number of ketones is 1. The molecule has 0 saturated heterocycles. The molecule has 0 unspecified atom stereocenters. The van der Waals surface area contributed by atoms with Gasteiger partial charge in [0.1, 0.15) is 6.61 Å². The molecule has 158 valence electrons. The van der Waals surface area contributed by atoms with E-state index in [4.69, 9.17) is 4.74 Å². The Morgan fingerprint density at radius 3 is 2.41 bits per heavy atom. The molecule has 2 aliphatic rings. The Bertz CT molecular complexity index is 1220. The van der Waals surface area contributed by atoms with Crippen LogP contribution in [0.5, 0.6) is 0 Å². The molecule has 0 fully saturated rings. The second kappa shape index (κ2) is 8.72. The summed E-state index contributed by atoms with van der Waals surface area (Å²) in [5, 5.41) is 2.77. The number of benzene rings is 3. The van der Waals surface area contributed by atoms with E-state index in [2.05, 4.69) is 41.4 Å². The minimum absolute atomic E-state index is 0.0514. The van der Waals surface area contributed by atoms with Gasteiger partial charge in [-0.2, -0.15) is 0 Å². The molecule has 0 radical (unpaired) electrons. The molecular formula is C28H23NO3. The van der Waals surface area contributed by atoms with Gasteiger partial charge in [0, 0.05) is 36.4 Å². The molecule has 4 nitrogen and oxygen atoms in total. The van der Waals surface area contributed by atoms with Gasteiger partial charge in [0.25, 0.3) is 0 Å². The van der Waals surface area contributed by atoms with E-state index in [1.54, 1.807) is 0 Å². The van der Waals surface area contributed by atoms with Gasteiger partial charge in [-0.25, -0.2) is 4.79 Å². The summed E-state index contributed by atoms with van der Waals surface area (Å²) < 4.78 is 5.53. The van der Waals surface area contributed by atoms with Gasteiger partial charge < -0.3 is 10.1 Å². The van der Waals surface area contributed by atoms with Gasteiger partial charge >= 0.3 is 6.09 Å². The van der Waals surface area contributed by atoms with Gasteiger partial charge in [0.15, 0.2) is 5.78 Å². The van der Waals surface area contributed by atoms with Crippen LogP contribution in [0.3, 0.4) is 0 Å². The van der Waals surface area contributed by atoms with Crippen LogP contribution in [0.25, 0.3) is 11.1 Å². The van der Waals surface area contributed by atoms with Gasteiger partial charge in [-0.1, -0.05) is 66.4 Å². The predicted octanol–water partition coefficient (Wildman–Crippen LogP) is 5.10. The first kappa shape index (κ1) is 20.1. The highest BCUT2D eigenvalue weighted by molar-refractivity contribution is 6.00. The van der Waals surface area contributed by atoms with Crippen molar-refractivity contribution in [3.8, 4) is 23.0 Å². The molecule has 0 spiro atoms. The zero-order chi connectivity index (χ0) is 21.9. The fourth-order valence-corrected chi connectivity index (χ4v) is 4.56. The van der Waals surface area contributed by atoms with Crippen molar-refractivity contribution in [2.75, 3.05) is 13.2 Å². The van der Waals surface area contributed by atoms with Crippen molar-refractivity contribution >= 4 is 11.9 Å². The summed E-state index contributed by atoms with van der Waals surface area (Å²) in [6.45, 7) is 0.711. The lowest BCUT2D eigenvalue weighted by molar-refractivity contribution is 0.0994. The first-order chi connectivity index (χ1) is 15.7. The molecule has 32 heavy (non-hydrogen) atoms. The first-order valence-electron chi connectivity index (χ1n) is 10.9. The zero-order valence-electron chi connectivity index (χ0n) is 17.7. The van der Waals surface area contributed by atoms with E-state index in [9.17, 15) is 9.59 Å². The molecule has 3 aromatic carbocycles. The number of fused-ring (bicyclic) bond motifs is 4. The lowest BCUT2D eigenvalue weighted by Crippen LogP contribution is -2.26. The van der Waals surface area contributed by atoms with Crippen molar-refractivity contribution in [3.05, 3.63) is 94.5 Å². The number of amides is 1. The number of carbonyl (C=O) groups is 2. The molecule has 1 N–H and O–H groups in total. The molecule has 0 atom stereocenters. The molecule has 5 rings (SSSR count). The second-order valence-corrected chi connectivity index (χ2v) is 8.10. The van der Waals surface area contributed by atoms with Crippen LogP contribution in [-0.2, 0) is 11.2 Å². The van der Waals surface area contributed by atoms with Crippen LogP contribution in [0.1, 0.15) is 51.4 Å². The van der Waals surface area contributed by atoms with Crippen LogP contribution in [0, 0.1) is 11.8 Å². The highest BCUT2D eigenvalue weighted by Crippen LogP contribution is 2.44. The number of hydrogen-bond acceptors (Lipinski definition) is 3. The summed E-state index contributed by atoms with van der Waals surface area (Å²) in [6.07, 6.45) is 1.49. The minimum atomic E-state index is -0.434. The zero-order valence-corrected chi connectivity index (χ0v) is 17.7. The number of alkyl carbamates (subject to hydrolysis) is 1. The topological polar surface area (TPSA) is 55.4 Å². The standard InChI is InChI=1S/C28H23NO3/c30-27-15-14-20-13-12-19(17-25(20)27)7-5-6-16-29-28(31)32-18-26-23-10-3-1-8-21(23)22-9-2-4-11-24(22)26/h1-4,8-13,17,26H,6,14-16,18H2,(H,29,31). The third-order valence-corrected chi connectivity index (χ3v) is 6.13. The van der Waals surface area contributed by atoms with Crippen LogP contribution in [0.4, 0.5) is 4.79 Å². The van der Waals surface area contributed by atoms with Crippen LogP contribution < -0.4 is 5.32 Å². The van der Waals surface area contributed by atoms with E-state index in [0.717, 1.165) is 23.1 Å². The minimum Gasteiger partial charge on any atom is -0.449 e. The van der Waals surface area contributed by atoms with E-state index >= 15 is 0 Å². The van der Waals surface area contributed by atoms with Crippen molar-refractivity contribution in [1.82, 2.24) is 5.32 Å². The molecule has 0 aliphatic heterocycles. The van der Waals surface area contributed by atoms with Crippen molar-refractivity contribution in [3.63, 3.8) is 0 Å². The van der Waals surface area contributed by atoms with Gasteiger partial charge in [0.05, 0.1) is 0 Å². The van der Waals surface area contributed by atoms with E-state index in [-0.39, 0.29) is 11.7 Å². The van der Waals surface area contributed by atoms with Gasteiger partial charge in [-0.3, -0.25) is 4.79 Å². The molecule has 2 aliphatic carbocycles. The monoisotopic (exact) mass is 421 g/mol. The highest BCUT2D eigenvalue weighted by Gasteiger charge is 2.28. The maximum Gasteiger partial charge on any atom is 0.407 e. The summed E-state index contributed by atoms with van der Waals surface area (Å²) in [6, 6.07) is 22.3. The van der Waals surface area contributed by atoms with Crippen LogP contribution >= 0.6 is 0 Å². The Morgan fingerprint density at radius 2 is 1.66 bits per heavy atom. The van der Waals surface area contributed by atoms with E-state index in [1.165, 1.54) is 22.3 Å². The van der Waals surface area contributed by atoms with Crippen LogP contribution in [0.15, 0.2) is 66.7 Å². The lowest BCUT2D eigenvalue weighted by Gasteiger charge is -2.14. The maximum absolute atomic E-state index is 12.2. The molecule has 4 heteroatoms. The van der Waals surface area contributed by atoms with Gasteiger partial charge in [-0.05, 0) is 46.4 Å². The van der Waals surface area contributed by atoms with Gasteiger partial charge in [-0.15, -0.1) is 0 Å². The van der Waals surface area contributed by atoms with Crippen LogP contribution in [0.2, 0.25) is 0 Å². The number of Topliss-reactive ketones (excluding diaryl/α,β-unsaturated/α-hetero) is 1. The predicted molar refractivity (Wildman–Crippen MR) is 124 cm³/mol. The SMILES string of the molecule is O=C(NCCC#Cc1ccc2c(c1)C(=O)CC2)OCC1c2ccccc2-c2ccccc21. The van der Waals surface area contributed by atoms with Crippen molar-refractivity contribution in [1.29, 1.82) is 0 Å². The Hall–Kier alpha value is -3.84.